The number of halogens is 1. The molecule has 0 amide bonds. The molecule has 0 aliphatic heterocycles. The number of benzene rings is 1. The van der Waals surface area contributed by atoms with Gasteiger partial charge >= 0.3 is 0 Å². The van der Waals surface area contributed by atoms with E-state index in [4.69, 9.17) is 17.3 Å². The minimum absolute atomic E-state index is 0.0531. The Morgan fingerprint density at radius 2 is 1.94 bits per heavy atom. The Labute approximate surface area is 101 Å². The van der Waals surface area contributed by atoms with Crippen molar-refractivity contribution < 1.29 is 10.2 Å². The highest BCUT2D eigenvalue weighted by atomic mass is 35.5. The van der Waals surface area contributed by atoms with E-state index in [1.165, 1.54) is 0 Å². The zero-order chi connectivity index (χ0) is 12.5. The summed E-state index contributed by atoms with van der Waals surface area (Å²) in [6, 6.07) is 3.46. The lowest BCUT2D eigenvalue weighted by molar-refractivity contribution is 0.182. The van der Waals surface area contributed by atoms with Crippen molar-refractivity contribution in [2.45, 2.75) is 32.3 Å². The van der Waals surface area contributed by atoms with Crippen LogP contribution >= 0.6 is 11.6 Å². The Morgan fingerprint density at radius 1 is 1.38 bits per heavy atom. The van der Waals surface area contributed by atoms with Gasteiger partial charge in [-0.2, -0.15) is 0 Å². The third-order valence-electron chi connectivity index (χ3n) is 2.54. The van der Waals surface area contributed by atoms with Gasteiger partial charge in [0.25, 0.3) is 0 Å². The van der Waals surface area contributed by atoms with Crippen molar-refractivity contribution in [2.24, 2.45) is 5.73 Å². The highest BCUT2D eigenvalue weighted by Gasteiger charge is 2.20. The number of aliphatic hydroxyl groups excluding tert-OH is 1. The quantitative estimate of drug-likeness (QED) is 0.747. The summed E-state index contributed by atoms with van der Waals surface area (Å²) in [5, 5.41) is 19.7. The molecule has 16 heavy (non-hydrogen) atoms. The molecule has 0 heterocycles. The Bertz CT molecular complexity index is 385. The zero-order valence-corrected chi connectivity index (χ0v) is 10.5. The molecule has 0 spiro atoms. The summed E-state index contributed by atoms with van der Waals surface area (Å²) in [4.78, 5) is 0. The van der Waals surface area contributed by atoms with Crippen molar-refractivity contribution in [3.05, 3.63) is 28.3 Å². The van der Waals surface area contributed by atoms with Gasteiger partial charge in [-0.15, -0.1) is 0 Å². The number of aromatic hydroxyl groups is 1. The molecule has 90 valence electrons. The van der Waals surface area contributed by atoms with E-state index in [0.717, 1.165) is 5.56 Å². The van der Waals surface area contributed by atoms with Crippen molar-refractivity contribution in [2.75, 3.05) is 6.54 Å². The summed E-state index contributed by atoms with van der Waals surface area (Å²) in [5.41, 5.74) is 6.63. The molecule has 0 radical (unpaired) electrons. The van der Waals surface area contributed by atoms with E-state index in [9.17, 15) is 10.2 Å². The van der Waals surface area contributed by atoms with Crippen molar-refractivity contribution in [1.29, 1.82) is 0 Å². The number of rotatable bonds is 2. The van der Waals surface area contributed by atoms with Gasteiger partial charge in [0.2, 0.25) is 0 Å². The second kappa shape index (κ2) is 4.62. The smallest absolute Gasteiger partial charge is 0.140 e. The predicted molar refractivity (Wildman–Crippen MR) is 65.8 cm³/mol. The van der Waals surface area contributed by atoms with Gasteiger partial charge in [-0.05, 0) is 23.1 Å². The van der Waals surface area contributed by atoms with Gasteiger partial charge in [0.1, 0.15) is 5.75 Å². The van der Waals surface area contributed by atoms with Crippen LogP contribution in [0.2, 0.25) is 5.02 Å². The van der Waals surface area contributed by atoms with Gasteiger partial charge in [0.05, 0.1) is 11.1 Å². The lowest BCUT2D eigenvalue weighted by Crippen LogP contribution is -2.15. The molecule has 0 aliphatic rings. The summed E-state index contributed by atoms with van der Waals surface area (Å²) in [5.74, 6) is -0.0902. The summed E-state index contributed by atoms with van der Waals surface area (Å²) in [7, 11) is 0. The normalized spacial score (nSPS) is 13.9. The molecule has 0 bridgehead atoms. The molecule has 1 atom stereocenters. The molecule has 0 saturated heterocycles. The molecular weight excluding hydrogens is 226 g/mol. The first-order valence-electron chi connectivity index (χ1n) is 5.18. The van der Waals surface area contributed by atoms with E-state index in [0.29, 0.717) is 5.56 Å². The third kappa shape index (κ3) is 2.67. The highest BCUT2D eigenvalue weighted by Crippen LogP contribution is 2.36. The number of hydrogen-bond donors (Lipinski definition) is 3. The fourth-order valence-corrected chi connectivity index (χ4v) is 1.66. The molecule has 0 fully saturated rings. The van der Waals surface area contributed by atoms with E-state index >= 15 is 0 Å². The molecule has 1 aromatic rings. The van der Waals surface area contributed by atoms with E-state index in [-0.39, 0.29) is 22.7 Å². The second-order valence-electron chi connectivity index (χ2n) is 4.90. The maximum Gasteiger partial charge on any atom is 0.140 e. The molecule has 3 nitrogen and oxygen atoms in total. The maximum atomic E-state index is 9.74. The van der Waals surface area contributed by atoms with Crippen LogP contribution in [-0.2, 0) is 5.41 Å². The Morgan fingerprint density at radius 3 is 2.38 bits per heavy atom. The highest BCUT2D eigenvalue weighted by molar-refractivity contribution is 6.32. The lowest BCUT2D eigenvalue weighted by atomic mass is 9.85. The first-order chi connectivity index (χ1) is 7.27. The van der Waals surface area contributed by atoms with Crippen LogP contribution in [0.3, 0.4) is 0 Å². The van der Waals surface area contributed by atoms with Crippen LogP contribution in [-0.4, -0.2) is 16.8 Å². The molecule has 4 N–H and O–H groups in total. The number of hydrogen-bond acceptors (Lipinski definition) is 3. The van der Waals surface area contributed by atoms with E-state index < -0.39 is 6.10 Å². The van der Waals surface area contributed by atoms with Crippen molar-refractivity contribution in [1.82, 2.24) is 0 Å². The number of phenolic OH excluding ortho intramolecular Hbond substituents is 1. The predicted octanol–water partition coefficient (Wildman–Crippen LogP) is 2.34. The standard InChI is InChI=1S/C12H18ClNO2/c1-12(2,3)7-4-8(10(15)6-14)11(16)9(13)5-7/h4-5,10,15-16H,6,14H2,1-3H3. The Balaban J connectivity index is 3.33. The van der Waals surface area contributed by atoms with Crippen molar-refractivity contribution in [3.8, 4) is 5.75 Å². The number of aliphatic hydroxyl groups is 1. The van der Waals surface area contributed by atoms with Gasteiger partial charge in [0.15, 0.2) is 0 Å². The summed E-state index contributed by atoms with van der Waals surface area (Å²) >= 11 is 5.92. The summed E-state index contributed by atoms with van der Waals surface area (Å²) < 4.78 is 0. The van der Waals surface area contributed by atoms with Gasteiger partial charge in [0, 0.05) is 12.1 Å². The molecule has 0 saturated carbocycles. The maximum absolute atomic E-state index is 9.74. The number of nitrogens with two attached hydrogens (primary N) is 1. The van der Waals surface area contributed by atoms with Crippen LogP contribution in [0, 0.1) is 0 Å². The van der Waals surface area contributed by atoms with E-state index in [2.05, 4.69) is 0 Å². The number of phenols is 1. The molecule has 4 heteroatoms. The van der Waals surface area contributed by atoms with Gasteiger partial charge in [-0.25, -0.2) is 0 Å². The first-order valence-corrected chi connectivity index (χ1v) is 5.56. The third-order valence-corrected chi connectivity index (χ3v) is 2.83. The Kier molecular flexibility index (Phi) is 3.84. The summed E-state index contributed by atoms with van der Waals surface area (Å²) in [6.07, 6.45) is -0.889. The van der Waals surface area contributed by atoms with Crippen LogP contribution in [0.4, 0.5) is 0 Å². The van der Waals surface area contributed by atoms with Crippen LogP contribution in [0.25, 0.3) is 0 Å². The fraction of sp³-hybridized carbons (Fsp3) is 0.500. The van der Waals surface area contributed by atoms with E-state index in [1.807, 2.05) is 20.8 Å². The average molecular weight is 244 g/mol. The van der Waals surface area contributed by atoms with Crippen molar-refractivity contribution in [3.63, 3.8) is 0 Å². The molecule has 1 rings (SSSR count). The average Bonchev–Trinajstić information content (AvgIpc) is 2.19. The van der Waals surface area contributed by atoms with Gasteiger partial charge in [-0.1, -0.05) is 32.4 Å². The van der Waals surface area contributed by atoms with Crippen molar-refractivity contribution >= 4 is 11.6 Å². The Hall–Kier alpha value is -0.770. The van der Waals surface area contributed by atoms with Crippen LogP contribution < -0.4 is 5.73 Å². The zero-order valence-electron chi connectivity index (χ0n) is 9.79. The molecule has 1 aromatic carbocycles. The largest absolute Gasteiger partial charge is 0.506 e. The first kappa shape index (κ1) is 13.3. The minimum Gasteiger partial charge on any atom is -0.506 e. The lowest BCUT2D eigenvalue weighted by Gasteiger charge is -2.22. The fourth-order valence-electron chi connectivity index (χ4n) is 1.43. The molecule has 0 aromatic heterocycles. The second-order valence-corrected chi connectivity index (χ2v) is 5.30. The monoisotopic (exact) mass is 243 g/mol. The molecular formula is C12H18ClNO2. The van der Waals surface area contributed by atoms with E-state index in [1.54, 1.807) is 12.1 Å². The van der Waals surface area contributed by atoms with Crippen LogP contribution in [0.1, 0.15) is 38.0 Å². The SMILES string of the molecule is CC(C)(C)c1cc(Cl)c(O)c(C(O)CN)c1. The van der Waals surface area contributed by atoms with Crippen LogP contribution in [0.15, 0.2) is 12.1 Å². The van der Waals surface area contributed by atoms with Gasteiger partial charge in [-0.3, -0.25) is 0 Å². The van der Waals surface area contributed by atoms with Crippen LogP contribution in [0.5, 0.6) is 5.75 Å². The molecule has 0 aliphatic carbocycles. The summed E-state index contributed by atoms with van der Waals surface area (Å²) in [6.45, 7) is 6.16. The topological polar surface area (TPSA) is 66.5 Å². The van der Waals surface area contributed by atoms with Gasteiger partial charge < -0.3 is 15.9 Å². The minimum atomic E-state index is -0.889. The molecule has 1 unspecified atom stereocenters.